The fourth-order valence-corrected chi connectivity index (χ4v) is 2.10. The van der Waals surface area contributed by atoms with E-state index in [0.29, 0.717) is 18.0 Å². The van der Waals surface area contributed by atoms with Crippen LogP contribution in [0.1, 0.15) is 27.9 Å². The zero-order valence-corrected chi connectivity index (χ0v) is 10.3. The fraction of sp³-hybridized carbons (Fsp3) is 0.214. The highest BCUT2D eigenvalue weighted by molar-refractivity contribution is 5.89. The molecule has 0 radical (unpaired) electrons. The van der Waals surface area contributed by atoms with E-state index in [1.165, 1.54) is 6.07 Å². The molecule has 1 aliphatic heterocycles. The Morgan fingerprint density at radius 3 is 2.89 bits per heavy atom. The standard InChI is InChI=1S/C14H13NO4/c1-8-2-4-13(19-8)11-7-18-12-5-3-9(14(16)17)6-10(12)15-11/h2-6,11,15H,7H2,1H3,(H,16,17). The summed E-state index contributed by atoms with van der Waals surface area (Å²) in [6, 6.07) is 8.43. The number of benzene rings is 1. The molecule has 5 nitrogen and oxygen atoms in total. The van der Waals surface area contributed by atoms with Gasteiger partial charge < -0.3 is 19.6 Å². The van der Waals surface area contributed by atoms with E-state index in [1.54, 1.807) is 12.1 Å². The Kier molecular flexibility index (Phi) is 2.67. The SMILES string of the molecule is Cc1ccc(C2COc3ccc(C(=O)O)cc3N2)o1. The van der Waals surface area contributed by atoms with Crippen LogP contribution >= 0.6 is 0 Å². The molecule has 0 bridgehead atoms. The van der Waals surface area contributed by atoms with Crippen LogP contribution in [0.15, 0.2) is 34.7 Å². The molecule has 1 aromatic carbocycles. The Hall–Kier alpha value is -2.43. The van der Waals surface area contributed by atoms with Crippen LogP contribution in [0.3, 0.4) is 0 Å². The molecular formula is C14H13NO4. The van der Waals surface area contributed by atoms with E-state index < -0.39 is 5.97 Å². The number of fused-ring (bicyclic) bond motifs is 1. The third kappa shape index (κ3) is 2.14. The highest BCUT2D eigenvalue weighted by Crippen LogP contribution is 2.34. The number of nitrogens with one attached hydrogen (secondary N) is 1. The monoisotopic (exact) mass is 259 g/mol. The molecular weight excluding hydrogens is 246 g/mol. The lowest BCUT2D eigenvalue weighted by atomic mass is 10.1. The minimum atomic E-state index is -0.958. The number of hydrogen-bond acceptors (Lipinski definition) is 4. The van der Waals surface area contributed by atoms with Gasteiger partial charge in [-0.05, 0) is 37.3 Å². The van der Waals surface area contributed by atoms with E-state index >= 15 is 0 Å². The van der Waals surface area contributed by atoms with Crippen LogP contribution in [0, 0.1) is 6.92 Å². The van der Waals surface area contributed by atoms with E-state index in [2.05, 4.69) is 5.32 Å². The molecule has 2 aromatic rings. The first kappa shape index (κ1) is 11.6. The first-order valence-electron chi connectivity index (χ1n) is 5.96. The summed E-state index contributed by atoms with van der Waals surface area (Å²) in [5.74, 6) is 1.32. The minimum Gasteiger partial charge on any atom is -0.489 e. The van der Waals surface area contributed by atoms with Gasteiger partial charge in [-0.1, -0.05) is 0 Å². The predicted octanol–water partition coefficient (Wildman–Crippen LogP) is 2.83. The number of ether oxygens (including phenoxy) is 1. The number of aryl methyl sites for hydroxylation is 1. The van der Waals surface area contributed by atoms with Gasteiger partial charge in [-0.3, -0.25) is 0 Å². The number of aromatic carboxylic acids is 1. The second-order valence-electron chi connectivity index (χ2n) is 4.47. The van der Waals surface area contributed by atoms with E-state index in [-0.39, 0.29) is 11.6 Å². The van der Waals surface area contributed by atoms with E-state index in [1.807, 2.05) is 19.1 Å². The molecule has 5 heteroatoms. The topological polar surface area (TPSA) is 71.7 Å². The maximum atomic E-state index is 11.0. The molecule has 1 aliphatic rings. The largest absolute Gasteiger partial charge is 0.489 e. The van der Waals surface area contributed by atoms with Gasteiger partial charge in [-0.15, -0.1) is 0 Å². The first-order chi connectivity index (χ1) is 9.13. The van der Waals surface area contributed by atoms with Crippen molar-refractivity contribution >= 4 is 11.7 Å². The van der Waals surface area contributed by atoms with Crippen molar-refractivity contribution in [2.24, 2.45) is 0 Å². The molecule has 0 amide bonds. The minimum absolute atomic E-state index is 0.106. The van der Waals surface area contributed by atoms with Crippen LogP contribution in [0.25, 0.3) is 0 Å². The second kappa shape index (κ2) is 4.35. The van der Waals surface area contributed by atoms with Gasteiger partial charge in [0.15, 0.2) is 0 Å². The van der Waals surface area contributed by atoms with Crippen LogP contribution in [0.2, 0.25) is 0 Å². The summed E-state index contributed by atoms with van der Waals surface area (Å²) < 4.78 is 11.2. The van der Waals surface area contributed by atoms with Gasteiger partial charge in [0.2, 0.25) is 0 Å². The molecule has 0 aliphatic carbocycles. The summed E-state index contributed by atoms with van der Waals surface area (Å²) in [5.41, 5.74) is 0.899. The van der Waals surface area contributed by atoms with Crippen LogP contribution in [0.5, 0.6) is 5.75 Å². The van der Waals surface area contributed by atoms with Crippen LogP contribution in [-0.2, 0) is 0 Å². The van der Waals surface area contributed by atoms with Gasteiger partial charge in [0.05, 0.1) is 11.3 Å². The van der Waals surface area contributed by atoms with E-state index in [0.717, 1.165) is 11.5 Å². The van der Waals surface area contributed by atoms with Crippen molar-refractivity contribution in [3.05, 3.63) is 47.4 Å². The maximum Gasteiger partial charge on any atom is 0.335 e. The molecule has 19 heavy (non-hydrogen) atoms. The first-order valence-corrected chi connectivity index (χ1v) is 5.96. The van der Waals surface area contributed by atoms with Gasteiger partial charge >= 0.3 is 5.97 Å². The fourth-order valence-electron chi connectivity index (χ4n) is 2.10. The molecule has 2 heterocycles. The van der Waals surface area contributed by atoms with Gasteiger partial charge in [0.25, 0.3) is 0 Å². The summed E-state index contributed by atoms with van der Waals surface area (Å²) in [6.07, 6.45) is 0. The van der Waals surface area contributed by atoms with Crippen molar-refractivity contribution in [3.8, 4) is 5.75 Å². The molecule has 1 aromatic heterocycles. The van der Waals surface area contributed by atoms with Gasteiger partial charge in [-0.2, -0.15) is 0 Å². The molecule has 2 N–H and O–H groups in total. The van der Waals surface area contributed by atoms with E-state index in [9.17, 15) is 4.79 Å². The summed E-state index contributed by atoms with van der Waals surface area (Å²) in [5, 5.41) is 12.2. The molecule has 0 fully saturated rings. The number of carboxylic acid groups (broad SMARTS) is 1. The van der Waals surface area contributed by atoms with Crippen LogP contribution in [0.4, 0.5) is 5.69 Å². The lowest BCUT2D eigenvalue weighted by Crippen LogP contribution is -2.23. The molecule has 1 unspecified atom stereocenters. The third-order valence-electron chi connectivity index (χ3n) is 3.07. The zero-order valence-electron chi connectivity index (χ0n) is 10.3. The third-order valence-corrected chi connectivity index (χ3v) is 3.07. The number of rotatable bonds is 2. The zero-order chi connectivity index (χ0) is 13.4. The normalized spacial score (nSPS) is 17.2. The van der Waals surface area contributed by atoms with Gasteiger partial charge in [0, 0.05) is 0 Å². The van der Waals surface area contributed by atoms with Crippen molar-refractivity contribution < 1.29 is 19.1 Å². The number of anilines is 1. The lowest BCUT2D eigenvalue weighted by molar-refractivity contribution is 0.0697. The summed E-state index contributed by atoms with van der Waals surface area (Å²) >= 11 is 0. The Labute approximate surface area is 109 Å². The lowest BCUT2D eigenvalue weighted by Gasteiger charge is -2.26. The van der Waals surface area contributed by atoms with Crippen molar-refractivity contribution in [2.45, 2.75) is 13.0 Å². The highest BCUT2D eigenvalue weighted by Gasteiger charge is 2.23. The molecule has 3 rings (SSSR count). The quantitative estimate of drug-likeness (QED) is 0.867. The van der Waals surface area contributed by atoms with Gasteiger partial charge in [-0.25, -0.2) is 4.79 Å². The van der Waals surface area contributed by atoms with E-state index in [4.69, 9.17) is 14.3 Å². The Morgan fingerprint density at radius 2 is 2.21 bits per heavy atom. The van der Waals surface area contributed by atoms with Crippen molar-refractivity contribution in [3.63, 3.8) is 0 Å². The molecule has 0 spiro atoms. The number of carboxylic acids is 1. The van der Waals surface area contributed by atoms with Crippen LogP contribution in [-0.4, -0.2) is 17.7 Å². The Balaban J connectivity index is 1.90. The van der Waals surface area contributed by atoms with Crippen molar-refractivity contribution in [2.75, 3.05) is 11.9 Å². The number of hydrogen-bond donors (Lipinski definition) is 2. The highest BCUT2D eigenvalue weighted by atomic mass is 16.5. The van der Waals surface area contributed by atoms with Crippen LogP contribution < -0.4 is 10.1 Å². The maximum absolute atomic E-state index is 11.0. The molecule has 0 saturated carbocycles. The summed E-state index contributed by atoms with van der Waals surface area (Å²) in [4.78, 5) is 11.0. The average molecular weight is 259 g/mol. The average Bonchev–Trinajstić information content (AvgIpc) is 2.84. The summed E-state index contributed by atoms with van der Waals surface area (Å²) in [6.45, 7) is 2.33. The smallest absolute Gasteiger partial charge is 0.335 e. The Bertz CT molecular complexity index is 632. The number of carbonyl (C=O) groups is 1. The molecule has 1 atom stereocenters. The molecule has 0 saturated heterocycles. The van der Waals surface area contributed by atoms with Crippen molar-refractivity contribution in [1.82, 2.24) is 0 Å². The number of furan rings is 1. The second-order valence-corrected chi connectivity index (χ2v) is 4.47. The molecule has 98 valence electrons. The Morgan fingerprint density at radius 1 is 1.37 bits per heavy atom. The van der Waals surface area contributed by atoms with Gasteiger partial charge in [0.1, 0.15) is 29.9 Å². The van der Waals surface area contributed by atoms with Crippen molar-refractivity contribution in [1.29, 1.82) is 0 Å². The predicted molar refractivity (Wildman–Crippen MR) is 68.7 cm³/mol. The summed E-state index contributed by atoms with van der Waals surface area (Å²) in [7, 11) is 0.